The van der Waals surface area contributed by atoms with Crippen molar-refractivity contribution in [3.63, 3.8) is 0 Å². The first-order valence-corrected chi connectivity index (χ1v) is 8.87. The number of allylic oxidation sites excluding steroid dienone is 1. The van der Waals surface area contributed by atoms with Crippen molar-refractivity contribution in [1.82, 2.24) is 0 Å². The lowest BCUT2D eigenvalue weighted by atomic mass is 10.4. The van der Waals surface area contributed by atoms with Gasteiger partial charge >= 0.3 is 0 Å². The van der Waals surface area contributed by atoms with Gasteiger partial charge in [0.05, 0.1) is 10.2 Å². The lowest BCUT2D eigenvalue weighted by Crippen LogP contribution is -2.35. The van der Waals surface area contributed by atoms with Crippen molar-refractivity contribution in [2.75, 3.05) is 0 Å². The van der Waals surface area contributed by atoms with Crippen LogP contribution in [0, 0.1) is 0 Å². The molecule has 0 amide bonds. The Morgan fingerprint density at radius 2 is 1.46 bits per heavy atom. The summed E-state index contributed by atoms with van der Waals surface area (Å²) in [7, 11) is -0.306. The normalized spacial score (nSPS) is 11.5. The molecular weight excluding hydrogens is 192 g/mol. The first kappa shape index (κ1) is 13.0. The lowest BCUT2D eigenvalue weighted by Gasteiger charge is -2.30. The Morgan fingerprint density at radius 3 is 1.69 bits per heavy atom. The van der Waals surface area contributed by atoms with Gasteiger partial charge in [-0.15, -0.1) is 0 Å². The highest BCUT2D eigenvalue weighted by Crippen LogP contribution is 2.24. The maximum atomic E-state index is 6.23. The minimum Gasteiger partial charge on any atom is -0.552 e. The van der Waals surface area contributed by atoms with E-state index in [1.54, 1.807) is 0 Å². The van der Waals surface area contributed by atoms with E-state index in [0.29, 0.717) is 0 Å². The van der Waals surface area contributed by atoms with Gasteiger partial charge in [-0.3, -0.25) is 0 Å². The summed E-state index contributed by atoms with van der Waals surface area (Å²) < 4.78 is 6.23. The van der Waals surface area contributed by atoms with E-state index in [4.69, 9.17) is 4.43 Å². The fraction of sp³-hybridized carbons (Fsp3) is 0.800. The molecule has 0 fully saturated rings. The summed E-state index contributed by atoms with van der Waals surface area (Å²) in [5.74, 6) is 0. The van der Waals surface area contributed by atoms with Crippen LogP contribution in [0.2, 0.25) is 18.1 Å². The Morgan fingerprint density at radius 1 is 1.08 bits per heavy atom. The molecule has 0 aromatic heterocycles. The first-order valence-electron chi connectivity index (χ1n) is 5.34. The van der Waals surface area contributed by atoms with Crippen molar-refractivity contribution in [1.29, 1.82) is 0 Å². The second kappa shape index (κ2) is 5.65. The van der Waals surface area contributed by atoms with Crippen molar-refractivity contribution < 1.29 is 4.43 Å². The fourth-order valence-electron chi connectivity index (χ4n) is 1.39. The summed E-state index contributed by atoms with van der Waals surface area (Å²) in [6, 6.07) is 3.75. The zero-order valence-corrected chi connectivity index (χ0v) is 13.0. The number of rotatable bonds is 5. The fourth-order valence-corrected chi connectivity index (χ4v) is 5.48. The van der Waals surface area contributed by atoms with E-state index >= 15 is 0 Å². The summed E-state index contributed by atoms with van der Waals surface area (Å²) in [6.07, 6.45) is 0. The number of hydrogen-bond acceptors (Lipinski definition) is 1. The average Bonchev–Trinajstić information content (AvgIpc) is 2.14. The molecule has 0 bridgehead atoms. The third kappa shape index (κ3) is 3.69. The molecular formula is C10H24OSi2. The van der Waals surface area contributed by atoms with Gasteiger partial charge in [0, 0.05) is 5.38 Å². The highest BCUT2D eigenvalue weighted by atomic mass is 28.4. The predicted molar refractivity (Wildman–Crippen MR) is 66.6 cm³/mol. The molecule has 0 aromatic rings. The van der Waals surface area contributed by atoms with E-state index in [2.05, 4.69) is 34.6 Å². The standard InChI is InChI=1S/C10H24OSi2/c1-6-13(7-2,8-3)11-10(12)9(4)5/h6-8H2,1-5,12H3. The van der Waals surface area contributed by atoms with Crippen LogP contribution in [0.25, 0.3) is 0 Å². The van der Waals surface area contributed by atoms with Crippen molar-refractivity contribution >= 4 is 18.6 Å². The van der Waals surface area contributed by atoms with Crippen LogP contribution < -0.4 is 0 Å². The Balaban J connectivity index is 4.52. The Hall–Kier alpha value is -0.0262. The van der Waals surface area contributed by atoms with Gasteiger partial charge in [0.1, 0.15) is 0 Å². The summed E-state index contributed by atoms with van der Waals surface area (Å²) in [5, 5.41) is 1.29. The van der Waals surface area contributed by atoms with Crippen LogP contribution in [0.4, 0.5) is 0 Å². The van der Waals surface area contributed by atoms with Gasteiger partial charge in [0.25, 0.3) is 0 Å². The lowest BCUT2D eigenvalue weighted by molar-refractivity contribution is 0.434. The predicted octanol–water partition coefficient (Wildman–Crippen LogP) is 2.63. The molecule has 0 saturated heterocycles. The van der Waals surface area contributed by atoms with Crippen LogP contribution in [0.5, 0.6) is 0 Å². The first-order chi connectivity index (χ1) is 6.01. The molecule has 13 heavy (non-hydrogen) atoms. The molecule has 0 atom stereocenters. The Bertz CT molecular complexity index is 171. The van der Waals surface area contributed by atoms with Gasteiger partial charge < -0.3 is 4.43 Å². The maximum absolute atomic E-state index is 6.23. The third-order valence-corrected chi connectivity index (χ3v) is 9.22. The molecule has 0 radical (unpaired) electrons. The van der Waals surface area contributed by atoms with Crippen molar-refractivity contribution in [3.8, 4) is 0 Å². The molecule has 0 N–H and O–H groups in total. The van der Waals surface area contributed by atoms with Crippen LogP contribution >= 0.6 is 0 Å². The molecule has 0 aliphatic heterocycles. The average molecular weight is 216 g/mol. The van der Waals surface area contributed by atoms with Crippen molar-refractivity contribution in [2.45, 2.75) is 52.8 Å². The molecule has 3 heteroatoms. The molecule has 0 unspecified atom stereocenters. The number of hydrogen-bond donors (Lipinski definition) is 0. The van der Waals surface area contributed by atoms with Crippen LogP contribution in [0.3, 0.4) is 0 Å². The second-order valence-corrected chi connectivity index (χ2v) is 9.50. The molecule has 0 aromatic carbocycles. The Kier molecular flexibility index (Phi) is 5.64. The zero-order chi connectivity index (χ0) is 10.5. The van der Waals surface area contributed by atoms with Crippen molar-refractivity contribution in [2.24, 2.45) is 0 Å². The van der Waals surface area contributed by atoms with Gasteiger partial charge in [-0.1, -0.05) is 20.8 Å². The third-order valence-electron chi connectivity index (χ3n) is 3.01. The van der Waals surface area contributed by atoms with Gasteiger partial charge in [-0.25, -0.2) is 0 Å². The molecule has 1 nitrogen and oxygen atoms in total. The van der Waals surface area contributed by atoms with E-state index in [1.165, 1.54) is 29.1 Å². The smallest absolute Gasteiger partial charge is 0.249 e. The van der Waals surface area contributed by atoms with E-state index in [9.17, 15) is 0 Å². The topological polar surface area (TPSA) is 9.23 Å². The summed E-state index contributed by atoms with van der Waals surface area (Å²) >= 11 is 0. The van der Waals surface area contributed by atoms with Gasteiger partial charge in [0.15, 0.2) is 0 Å². The van der Waals surface area contributed by atoms with E-state index in [-0.39, 0.29) is 0 Å². The van der Waals surface area contributed by atoms with Gasteiger partial charge in [0.2, 0.25) is 8.32 Å². The molecule has 0 heterocycles. The summed E-state index contributed by atoms with van der Waals surface area (Å²) in [4.78, 5) is 0. The van der Waals surface area contributed by atoms with Crippen LogP contribution in [0.15, 0.2) is 11.0 Å². The quantitative estimate of drug-likeness (QED) is 0.507. The molecule has 0 spiro atoms. The van der Waals surface area contributed by atoms with E-state index in [0.717, 1.165) is 10.2 Å². The SMILES string of the molecule is CC[Si](CC)(CC)OC([SiH3])=C(C)C. The van der Waals surface area contributed by atoms with Gasteiger partial charge in [-0.05, 0) is 37.6 Å². The zero-order valence-electron chi connectivity index (χ0n) is 10.0. The van der Waals surface area contributed by atoms with E-state index in [1.807, 2.05) is 0 Å². The van der Waals surface area contributed by atoms with Crippen molar-refractivity contribution in [3.05, 3.63) is 11.0 Å². The highest BCUT2D eigenvalue weighted by molar-refractivity contribution is 6.74. The summed E-state index contributed by atoms with van der Waals surface area (Å²) in [5.41, 5.74) is 1.37. The van der Waals surface area contributed by atoms with Crippen LogP contribution in [-0.2, 0) is 4.43 Å². The molecule has 0 aliphatic carbocycles. The largest absolute Gasteiger partial charge is 0.552 e. The molecule has 0 saturated carbocycles. The van der Waals surface area contributed by atoms with Gasteiger partial charge in [-0.2, -0.15) is 0 Å². The molecule has 0 aliphatic rings. The Labute approximate surface area is 87.1 Å². The molecule has 0 rings (SSSR count). The monoisotopic (exact) mass is 216 g/mol. The van der Waals surface area contributed by atoms with E-state index < -0.39 is 8.32 Å². The van der Waals surface area contributed by atoms with Crippen LogP contribution in [0.1, 0.15) is 34.6 Å². The summed E-state index contributed by atoms with van der Waals surface area (Å²) in [6.45, 7) is 11.1. The highest BCUT2D eigenvalue weighted by Gasteiger charge is 2.30. The van der Waals surface area contributed by atoms with Crippen LogP contribution in [-0.4, -0.2) is 18.6 Å². The minimum absolute atomic E-state index is 1.06. The maximum Gasteiger partial charge on any atom is 0.249 e. The molecule has 78 valence electrons. The second-order valence-electron chi connectivity index (χ2n) is 3.90. The minimum atomic E-state index is -1.37.